The second-order valence-corrected chi connectivity index (χ2v) is 6.89. The molecule has 1 fully saturated rings. The molecule has 0 radical (unpaired) electrons. The van der Waals surface area contributed by atoms with Crippen molar-refractivity contribution in [2.75, 3.05) is 37.3 Å². The molecule has 0 aliphatic carbocycles. The number of hydrogen-bond donors (Lipinski definition) is 1. The van der Waals surface area contributed by atoms with Gasteiger partial charge in [0.25, 0.3) is 0 Å². The molecule has 0 atom stereocenters. The van der Waals surface area contributed by atoms with Crippen molar-refractivity contribution >= 4 is 32.4 Å². The van der Waals surface area contributed by atoms with E-state index >= 15 is 0 Å². The summed E-state index contributed by atoms with van der Waals surface area (Å²) in [5, 5.41) is 1.11. The summed E-state index contributed by atoms with van der Waals surface area (Å²) < 4.78 is 1.17. The Morgan fingerprint density at radius 3 is 2.84 bits per heavy atom. The Kier molecular flexibility index (Phi) is 2.91. The molecule has 0 spiro atoms. The van der Waals surface area contributed by atoms with Crippen molar-refractivity contribution < 1.29 is 0 Å². The maximum atomic E-state index is 5.83. The summed E-state index contributed by atoms with van der Waals surface area (Å²) in [4.78, 5) is 9.54. The third-order valence-corrected chi connectivity index (χ3v) is 5.07. The Labute approximate surface area is 117 Å². The summed E-state index contributed by atoms with van der Waals surface area (Å²) in [6, 6.07) is 5.93. The van der Waals surface area contributed by atoms with Crippen LogP contribution in [0, 0.1) is 0 Å². The quantitative estimate of drug-likeness (QED) is 0.813. The predicted octanol–water partition coefficient (Wildman–Crippen LogP) is 2.41. The fraction of sp³-hybridized carbons (Fsp3) is 0.500. The van der Waals surface area contributed by atoms with Gasteiger partial charge in [-0.15, -0.1) is 0 Å². The number of anilines is 2. The van der Waals surface area contributed by atoms with Crippen LogP contribution in [0.3, 0.4) is 0 Å². The highest BCUT2D eigenvalue weighted by Crippen LogP contribution is 2.32. The molecule has 1 aliphatic heterocycles. The maximum absolute atomic E-state index is 5.83. The van der Waals surface area contributed by atoms with Crippen LogP contribution < -0.4 is 10.6 Å². The molecule has 3 rings (SSSR count). The molecule has 1 aliphatic rings. The highest BCUT2D eigenvalue weighted by Gasteiger charge is 2.32. The third kappa shape index (κ3) is 2.28. The van der Waals surface area contributed by atoms with Crippen LogP contribution in [0.2, 0.25) is 0 Å². The van der Waals surface area contributed by atoms with E-state index in [1.165, 1.54) is 4.70 Å². The van der Waals surface area contributed by atoms with Gasteiger partial charge in [0.15, 0.2) is 5.13 Å². The average molecular weight is 276 g/mol. The van der Waals surface area contributed by atoms with Crippen molar-refractivity contribution in [3.63, 3.8) is 0 Å². The molecule has 0 amide bonds. The predicted molar refractivity (Wildman–Crippen MR) is 83.0 cm³/mol. The Balaban J connectivity index is 1.92. The minimum absolute atomic E-state index is 0.190. The van der Waals surface area contributed by atoms with Crippen LogP contribution in [0.25, 0.3) is 10.2 Å². The topological polar surface area (TPSA) is 45.4 Å². The van der Waals surface area contributed by atoms with E-state index in [2.05, 4.69) is 30.7 Å². The monoisotopic (exact) mass is 276 g/mol. The molecule has 0 bridgehead atoms. The van der Waals surface area contributed by atoms with Crippen LogP contribution in [0.5, 0.6) is 0 Å². The number of likely N-dealkylation sites (N-methyl/N-ethyl adjacent to an activating group) is 1. The normalized spacial score (nSPS) is 20.1. The summed E-state index contributed by atoms with van der Waals surface area (Å²) in [5.41, 5.74) is 7.88. The minimum Gasteiger partial charge on any atom is -0.399 e. The molecule has 102 valence electrons. The number of thiazole rings is 1. The third-order valence-electron chi connectivity index (χ3n) is 3.99. The zero-order chi connectivity index (χ0) is 13.6. The van der Waals surface area contributed by atoms with Gasteiger partial charge in [-0.3, -0.25) is 4.90 Å². The molecule has 1 aromatic heterocycles. The van der Waals surface area contributed by atoms with Gasteiger partial charge in [0.1, 0.15) is 0 Å². The number of hydrogen-bond acceptors (Lipinski definition) is 5. The second kappa shape index (κ2) is 4.35. The van der Waals surface area contributed by atoms with Gasteiger partial charge in [0, 0.05) is 30.9 Å². The molecule has 4 nitrogen and oxygen atoms in total. The molecule has 0 unspecified atom stereocenters. The molecule has 0 saturated carbocycles. The Hall–Kier alpha value is -1.33. The van der Waals surface area contributed by atoms with Crippen LogP contribution in [0.4, 0.5) is 10.8 Å². The highest BCUT2D eigenvalue weighted by atomic mass is 32.1. The number of nitrogens with two attached hydrogens (primary N) is 1. The van der Waals surface area contributed by atoms with E-state index in [1.807, 2.05) is 18.2 Å². The number of benzene rings is 1. The van der Waals surface area contributed by atoms with Crippen molar-refractivity contribution in [1.82, 2.24) is 9.88 Å². The number of nitrogen functional groups attached to an aromatic ring is 1. The Morgan fingerprint density at radius 2 is 2.11 bits per heavy atom. The van der Waals surface area contributed by atoms with Gasteiger partial charge in [-0.2, -0.15) is 0 Å². The fourth-order valence-electron chi connectivity index (χ4n) is 2.47. The van der Waals surface area contributed by atoms with Crippen molar-refractivity contribution in [2.45, 2.75) is 19.4 Å². The molecule has 2 heterocycles. The van der Waals surface area contributed by atoms with Crippen LogP contribution in [0.1, 0.15) is 13.8 Å². The lowest BCUT2D eigenvalue weighted by molar-refractivity contribution is 0.139. The molecule has 5 heteroatoms. The first kappa shape index (κ1) is 12.7. The largest absolute Gasteiger partial charge is 0.399 e. The van der Waals surface area contributed by atoms with Gasteiger partial charge in [-0.05, 0) is 39.1 Å². The van der Waals surface area contributed by atoms with Crippen LogP contribution >= 0.6 is 11.3 Å². The summed E-state index contributed by atoms with van der Waals surface area (Å²) >= 11 is 1.74. The summed E-state index contributed by atoms with van der Waals surface area (Å²) in [5.74, 6) is 0. The van der Waals surface area contributed by atoms with Crippen LogP contribution in [0.15, 0.2) is 18.2 Å². The van der Waals surface area contributed by atoms with E-state index in [1.54, 1.807) is 11.3 Å². The van der Waals surface area contributed by atoms with Gasteiger partial charge in [0.05, 0.1) is 10.2 Å². The first-order chi connectivity index (χ1) is 8.95. The molecule has 19 heavy (non-hydrogen) atoms. The van der Waals surface area contributed by atoms with Gasteiger partial charge in [-0.1, -0.05) is 11.3 Å². The van der Waals surface area contributed by atoms with E-state index in [0.717, 1.165) is 36.0 Å². The molecule has 2 aromatic rings. The highest BCUT2D eigenvalue weighted by molar-refractivity contribution is 7.22. The summed E-state index contributed by atoms with van der Waals surface area (Å²) in [6.07, 6.45) is 0. The first-order valence-corrected chi connectivity index (χ1v) is 7.40. The van der Waals surface area contributed by atoms with Crippen molar-refractivity contribution in [3.8, 4) is 0 Å². The van der Waals surface area contributed by atoms with Crippen molar-refractivity contribution in [2.24, 2.45) is 0 Å². The molecular formula is C14H20N4S. The lowest BCUT2D eigenvalue weighted by atomic mass is 10.0. The van der Waals surface area contributed by atoms with Crippen LogP contribution in [-0.4, -0.2) is 42.1 Å². The average Bonchev–Trinajstić information content (AvgIpc) is 2.75. The first-order valence-electron chi connectivity index (χ1n) is 6.58. The molecule has 2 N–H and O–H groups in total. The van der Waals surface area contributed by atoms with E-state index in [0.29, 0.717) is 0 Å². The Morgan fingerprint density at radius 1 is 1.32 bits per heavy atom. The van der Waals surface area contributed by atoms with Gasteiger partial charge in [0.2, 0.25) is 0 Å². The fourth-order valence-corrected chi connectivity index (χ4v) is 3.51. The van der Waals surface area contributed by atoms with E-state index in [-0.39, 0.29) is 5.54 Å². The standard InChI is InChI=1S/C14H20N4S/c1-14(2)9-18(7-6-17(14)3)13-16-11-5-4-10(15)8-12(11)19-13/h4-5,8H,6-7,9,15H2,1-3H3. The maximum Gasteiger partial charge on any atom is 0.186 e. The molecular weight excluding hydrogens is 256 g/mol. The minimum atomic E-state index is 0.190. The van der Waals surface area contributed by atoms with E-state index < -0.39 is 0 Å². The number of nitrogens with zero attached hydrogens (tertiary/aromatic N) is 3. The second-order valence-electron chi connectivity index (χ2n) is 5.88. The van der Waals surface area contributed by atoms with Crippen LogP contribution in [-0.2, 0) is 0 Å². The van der Waals surface area contributed by atoms with E-state index in [9.17, 15) is 0 Å². The lowest BCUT2D eigenvalue weighted by Gasteiger charge is -2.45. The van der Waals surface area contributed by atoms with E-state index in [4.69, 9.17) is 10.7 Å². The number of aromatic nitrogens is 1. The van der Waals surface area contributed by atoms with Gasteiger partial charge >= 0.3 is 0 Å². The smallest absolute Gasteiger partial charge is 0.186 e. The number of piperazine rings is 1. The number of fused-ring (bicyclic) bond motifs is 1. The molecule has 1 saturated heterocycles. The van der Waals surface area contributed by atoms with Crippen molar-refractivity contribution in [1.29, 1.82) is 0 Å². The van der Waals surface area contributed by atoms with Crippen molar-refractivity contribution in [3.05, 3.63) is 18.2 Å². The lowest BCUT2D eigenvalue weighted by Crippen LogP contribution is -2.57. The SMILES string of the molecule is CN1CCN(c2nc3ccc(N)cc3s2)CC1(C)C. The summed E-state index contributed by atoms with van der Waals surface area (Å²) in [6.45, 7) is 7.69. The van der Waals surface area contributed by atoms with Gasteiger partial charge < -0.3 is 10.6 Å². The zero-order valence-corrected chi connectivity index (χ0v) is 12.5. The zero-order valence-electron chi connectivity index (χ0n) is 11.7. The van der Waals surface area contributed by atoms with Gasteiger partial charge in [-0.25, -0.2) is 4.98 Å². The molecule has 1 aromatic carbocycles. The number of rotatable bonds is 1. The summed E-state index contributed by atoms with van der Waals surface area (Å²) in [7, 11) is 2.19. The Bertz CT molecular complexity index is 605.